The van der Waals surface area contributed by atoms with Crippen LogP contribution < -0.4 is 0 Å². The number of carbonyl (C=O) groups excluding carboxylic acids is 2. The van der Waals surface area contributed by atoms with Gasteiger partial charge in [-0.3, -0.25) is 9.59 Å². The minimum Gasteiger partial charge on any atom is -0.463 e. The number of carbonyl (C=O) groups is 2. The zero-order valence-electron chi connectivity index (χ0n) is 28.0. The number of esters is 2. The molecule has 248 valence electrons. The number of unbranched alkanes of at least 4 members (excludes halogenated alkanes) is 23. The zero-order chi connectivity index (χ0) is 30.8. The lowest BCUT2D eigenvalue weighted by molar-refractivity contribution is -0.152. The van der Waals surface area contributed by atoms with Gasteiger partial charge in [-0.2, -0.15) is 0 Å². The van der Waals surface area contributed by atoms with E-state index in [-0.39, 0.29) is 25.2 Å². The molecule has 0 aromatic heterocycles. The third-order valence-corrected chi connectivity index (χ3v) is 8.00. The van der Waals surface area contributed by atoms with Gasteiger partial charge in [-0.25, -0.2) is 0 Å². The Hall–Kier alpha value is -1.36. The van der Waals surface area contributed by atoms with Crippen LogP contribution >= 0.6 is 0 Å². The Kier molecular flexibility index (Phi) is 33.0. The van der Waals surface area contributed by atoms with Crippen molar-refractivity contribution in [3.05, 3.63) is 12.2 Å². The van der Waals surface area contributed by atoms with Gasteiger partial charge in [-0.1, -0.05) is 154 Å². The normalized spacial score (nSPS) is 12.2. The van der Waals surface area contributed by atoms with Gasteiger partial charge in [-0.05, 0) is 38.5 Å². The van der Waals surface area contributed by atoms with Crippen molar-refractivity contribution in [2.24, 2.45) is 0 Å². The summed E-state index contributed by atoms with van der Waals surface area (Å²) in [4.78, 5) is 23.8. The van der Waals surface area contributed by atoms with Gasteiger partial charge in [0.1, 0.15) is 19.3 Å². The second-order valence-corrected chi connectivity index (χ2v) is 12.3. The number of hydrogen-bond acceptors (Lipinski definition) is 5. The van der Waals surface area contributed by atoms with Gasteiger partial charge in [0.05, 0.1) is 0 Å². The molecule has 0 aliphatic carbocycles. The summed E-state index contributed by atoms with van der Waals surface area (Å²) >= 11 is 0. The van der Waals surface area contributed by atoms with Crippen molar-refractivity contribution in [1.82, 2.24) is 0 Å². The number of aliphatic hydroxyl groups excluding tert-OH is 1. The van der Waals surface area contributed by atoms with E-state index in [2.05, 4.69) is 26.0 Å². The van der Waals surface area contributed by atoms with E-state index >= 15 is 0 Å². The standard InChI is InChI=1S/C37H70O5/c1-3-5-7-9-11-13-15-17-18-20-22-24-26-28-30-32-37(40)42-34-35(38)33-41-36(39)31-29-27-25-23-21-19-16-14-12-10-8-6-4-2/h17-18,35,38H,3-16,19-34H2,1-2H3/b18-17+/t35-/m1/s1. The summed E-state index contributed by atoms with van der Waals surface area (Å²) in [5, 5.41) is 9.97. The summed E-state index contributed by atoms with van der Waals surface area (Å²) in [6, 6.07) is 0. The van der Waals surface area contributed by atoms with Gasteiger partial charge in [0, 0.05) is 12.8 Å². The van der Waals surface area contributed by atoms with Gasteiger partial charge in [0.2, 0.25) is 0 Å². The first-order valence-electron chi connectivity index (χ1n) is 18.2. The molecule has 0 heterocycles. The van der Waals surface area contributed by atoms with E-state index < -0.39 is 6.10 Å². The van der Waals surface area contributed by atoms with Gasteiger partial charge in [0.25, 0.3) is 0 Å². The molecule has 0 aliphatic heterocycles. The fraction of sp³-hybridized carbons (Fsp3) is 0.892. The van der Waals surface area contributed by atoms with E-state index in [1.54, 1.807) is 0 Å². The number of allylic oxidation sites excluding steroid dienone is 2. The molecular formula is C37H70O5. The maximum absolute atomic E-state index is 11.9. The predicted molar refractivity (Wildman–Crippen MR) is 178 cm³/mol. The second kappa shape index (κ2) is 34.1. The summed E-state index contributed by atoms with van der Waals surface area (Å²) in [7, 11) is 0. The Morgan fingerprint density at radius 3 is 1.10 bits per heavy atom. The first-order valence-corrected chi connectivity index (χ1v) is 18.2. The monoisotopic (exact) mass is 595 g/mol. The van der Waals surface area contributed by atoms with Crippen LogP contribution in [0.15, 0.2) is 12.2 Å². The molecule has 0 unspecified atom stereocenters. The van der Waals surface area contributed by atoms with Crippen molar-refractivity contribution in [1.29, 1.82) is 0 Å². The van der Waals surface area contributed by atoms with Crippen molar-refractivity contribution in [3.8, 4) is 0 Å². The van der Waals surface area contributed by atoms with Crippen molar-refractivity contribution in [2.75, 3.05) is 13.2 Å². The molecule has 0 rings (SSSR count). The number of rotatable bonds is 33. The van der Waals surface area contributed by atoms with Crippen LogP contribution in [-0.4, -0.2) is 36.4 Å². The molecule has 0 radical (unpaired) electrons. The lowest BCUT2D eigenvalue weighted by atomic mass is 10.0. The van der Waals surface area contributed by atoms with E-state index in [4.69, 9.17) is 9.47 Å². The summed E-state index contributed by atoms with van der Waals surface area (Å²) in [5.74, 6) is -0.568. The SMILES string of the molecule is CCCCCCCC/C=C/CCCCCCCC(=O)OC[C@H](O)COC(=O)CCCCCCCCCCCCCCC. The molecule has 5 nitrogen and oxygen atoms in total. The van der Waals surface area contributed by atoms with E-state index in [1.807, 2.05) is 0 Å². The van der Waals surface area contributed by atoms with Gasteiger partial charge in [-0.15, -0.1) is 0 Å². The van der Waals surface area contributed by atoms with Crippen LogP contribution in [-0.2, 0) is 19.1 Å². The number of hydrogen-bond donors (Lipinski definition) is 1. The molecule has 0 aliphatic rings. The molecule has 0 aromatic rings. The van der Waals surface area contributed by atoms with Crippen molar-refractivity contribution in [3.63, 3.8) is 0 Å². The highest BCUT2D eigenvalue weighted by Gasteiger charge is 2.12. The number of aliphatic hydroxyl groups is 1. The maximum atomic E-state index is 11.9. The highest BCUT2D eigenvalue weighted by atomic mass is 16.6. The van der Waals surface area contributed by atoms with Crippen molar-refractivity contribution >= 4 is 11.9 Å². The molecule has 1 N–H and O–H groups in total. The van der Waals surface area contributed by atoms with E-state index in [0.29, 0.717) is 12.8 Å². The Morgan fingerprint density at radius 2 is 0.762 bits per heavy atom. The average Bonchev–Trinajstić information content (AvgIpc) is 2.99. The van der Waals surface area contributed by atoms with E-state index in [9.17, 15) is 14.7 Å². The highest BCUT2D eigenvalue weighted by molar-refractivity contribution is 5.69. The molecule has 5 heteroatoms. The second-order valence-electron chi connectivity index (χ2n) is 12.3. The molecular weight excluding hydrogens is 524 g/mol. The summed E-state index contributed by atoms with van der Waals surface area (Å²) in [6.07, 6.45) is 36.8. The molecule has 1 atom stereocenters. The molecule has 0 saturated heterocycles. The Bertz CT molecular complexity index is 603. The molecule has 0 bridgehead atoms. The van der Waals surface area contributed by atoms with Crippen LogP contribution in [0.4, 0.5) is 0 Å². The van der Waals surface area contributed by atoms with Gasteiger partial charge in [0.15, 0.2) is 0 Å². The van der Waals surface area contributed by atoms with Crippen molar-refractivity contribution in [2.45, 2.75) is 200 Å². The molecule has 0 amide bonds. The predicted octanol–water partition coefficient (Wildman–Crippen LogP) is 11.0. The Morgan fingerprint density at radius 1 is 0.476 bits per heavy atom. The Balaban J connectivity index is 3.42. The summed E-state index contributed by atoms with van der Waals surface area (Å²) in [5.41, 5.74) is 0. The molecule has 0 spiro atoms. The first-order chi connectivity index (χ1) is 20.6. The van der Waals surface area contributed by atoms with Crippen LogP contribution in [0.3, 0.4) is 0 Å². The fourth-order valence-electron chi connectivity index (χ4n) is 5.20. The smallest absolute Gasteiger partial charge is 0.305 e. The molecule has 0 aromatic carbocycles. The zero-order valence-corrected chi connectivity index (χ0v) is 28.0. The third kappa shape index (κ3) is 33.1. The van der Waals surface area contributed by atoms with Crippen LogP contribution in [0.1, 0.15) is 194 Å². The highest BCUT2D eigenvalue weighted by Crippen LogP contribution is 2.14. The van der Waals surface area contributed by atoms with Crippen LogP contribution in [0.5, 0.6) is 0 Å². The quantitative estimate of drug-likeness (QED) is 0.0465. The van der Waals surface area contributed by atoms with Gasteiger partial charge < -0.3 is 14.6 Å². The minimum absolute atomic E-state index is 0.113. The minimum atomic E-state index is -0.960. The summed E-state index contributed by atoms with van der Waals surface area (Å²) in [6.45, 7) is 4.29. The molecule has 0 fully saturated rings. The van der Waals surface area contributed by atoms with Crippen LogP contribution in [0, 0.1) is 0 Å². The lowest BCUT2D eigenvalue weighted by Gasteiger charge is -2.12. The van der Waals surface area contributed by atoms with Gasteiger partial charge >= 0.3 is 11.9 Å². The Labute approximate surface area is 261 Å². The largest absolute Gasteiger partial charge is 0.463 e. The van der Waals surface area contributed by atoms with E-state index in [1.165, 1.54) is 128 Å². The first kappa shape index (κ1) is 40.6. The molecule has 0 saturated carbocycles. The average molecular weight is 595 g/mol. The van der Waals surface area contributed by atoms with Crippen LogP contribution in [0.25, 0.3) is 0 Å². The maximum Gasteiger partial charge on any atom is 0.305 e. The fourth-order valence-corrected chi connectivity index (χ4v) is 5.20. The third-order valence-electron chi connectivity index (χ3n) is 8.00. The van der Waals surface area contributed by atoms with Crippen LogP contribution in [0.2, 0.25) is 0 Å². The summed E-state index contributed by atoms with van der Waals surface area (Å²) < 4.78 is 10.3. The molecule has 42 heavy (non-hydrogen) atoms. The van der Waals surface area contributed by atoms with E-state index in [0.717, 1.165) is 38.5 Å². The number of ether oxygens (including phenoxy) is 2. The lowest BCUT2D eigenvalue weighted by Crippen LogP contribution is -2.25. The topological polar surface area (TPSA) is 72.8 Å². The van der Waals surface area contributed by atoms with Crippen molar-refractivity contribution < 1.29 is 24.2 Å².